The Kier molecular flexibility index (Phi) is 6.30. The van der Waals surface area contributed by atoms with Crippen molar-refractivity contribution in [3.8, 4) is 0 Å². The summed E-state index contributed by atoms with van der Waals surface area (Å²) in [6.07, 6.45) is 2.36. The number of nitrogens with zero attached hydrogens (tertiary/aromatic N) is 1. The van der Waals surface area contributed by atoms with Gasteiger partial charge < -0.3 is 9.84 Å². The molecule has 170 valence electrons. The summed E-state index contributed by atoms with van der Waals surface area (Å²) in [5.74, 6) is 0.825. The molecule has 1 N–H and O–H groups in total. The molecule has 33 heavy (non-hydrogen) atoms. The second kappa shape index (κ2) is 9.50. The van der Waals surface area contributed by atoms with Gasteiger partial charge in [0.1, 0.15) is 0 Å². The van der Waals surface area contributed by atoms with Gasteiger partial charge in [0.2, 0.25) is 5.60 Å². The van der Waals surface area contributed by atoms with E-state index in [1.807, 2.05) is 36.4 Å². The second-order valence-electron chi connectivity index (χ2n) is 9.48. The molecule has 3 aromatic carbocycles. The highest BCUT2D eigenvalue weighted by atomic mass is 16.5. The number of ether oxygens (including phenoxy) is 1. The quantitative estimate of drug-likeness (QED) is 0.544. The normalized spacial score (nSPS) is 22.8. The number of piperidine rings is 1. The molecule has 1 aliphatic heterocycles. The van der Waals surface area contributed by atoms with E-state index in [9.17, 15) is 9.90 Å². The van der Waals surface area contributed by atoms with E-state index < -0.39 is 11.6 Å². The molecule has 5 rings (SSSR count). The van der Waals surface area contributed by atoms with E-state index in [0.29, 0.717) is 35.5 Å². The van der Waals surface area contributed by atoms with Gasteiger partial charge in [-0.15, -0.1) is 0 Å². The van der Waals surface area contributed by atoms with Gasteiger partial charge in [0.25, 0.3) is 0 Å². The van der Waals surface area contributed by atoms with E-state index in [0.717, 1.165) is 19.6 Å². The molecule has 2 unspecified atom stereocenters. The van der Waals surface area contributed by atoms with Gasteiger partial charge in [0.15, 0.2) is 0 Å². The first-order valence-corrected chi connectivity index (χ1v) is 11.9. The van der Waals surface area contributed by atoms with Crippen molar-refractivity contribution in [2.45, 2.75) is 25.0 Å². The summed E-state index contributed by atoms with van der Waals surface area (Å²) in [5, 5.41) is 11.6. The molecule has 3 aromatic rings. The molecule has 1 heterocycles. The van der Waals surface area contributed by atoms with Crippen LogP contribution in [0.4, 0.5) is 0 Å². The van der Waals surface area contributed by atoms with Crippen LogP contribution in [0.3, 0.4) is 0 Å². The van der Waals surface area contributed by atoms with E-state index in [2.05, 4.69) is 35.2 Å². The van der Waals surface area contributed by atoms with Crippen LogP contribution in [0.15, 0.2) is 91.0 Å². The summed E-state index contributed by atoms with van der Waals surface area (Å²) in [4.78, 5) is 15.9. The Labute approximate surface area is 195 Å². The molecule has 0 amide bonds. The van der Waals surface area contributed by atoms with Gasteiger partial charge in [0, 0.05) is 25.6 Å². The minimum absolute atomic E-state index is 0.358. The van der Waals surface area contributed by atoms with Crippen LogP contribution in [0.2, 0.25) is 0 Å². The maximum Gasteiger partial charge on any atom is 0.347 e. The maximum atomic E-state index is 13.4. The Balaban J connectivity index is 1.27. The van der Waals surface area contributed by atoms with Crippen molar-refractivity contribution in [2.75, 3.05) is 19.7 Å². The maximum absolute atomic E-state index is 13.4. The summed E-state index contributed by atoms with van der Waals surface area (Å²) >= 11 is 0. The molecule has 0 spiro atoms. The van der Waals surface area contributed by atoms with Crippen molar-refractivity contribution in [1.82, 2.24) is 4.90 Å². The van der Waals surface area contributed by atoms with E-state index in [-0.39, 0.29) is 0 Å². The van der Waals surface area contributed by atoms with Gasteiger partial charge in [-0.2, -0.15) is 0 Å². The largest absolute Gasteiger partial charge is 0.463 e. The fourth-order valence-corrected chi connectivity index (χ4v) is 5.71. The number of carbonyl (C=O) groups excluding carboxylic acids is 1. The van der Waals surface area contributed by atoms with Gasteiger partial charge in [-0.05, 0) is 41.4 Å². The third-order valence-corrected chi connectivity index (χ3v) is 7.44. The lowest BCUT2D eigenvalue weighted by molar-refractivity contribution is -0.165. The first kappa shape index (κ1) is 21.9. The third kappa shape index (κ3) is 4.46. The first-order chi connectivity index (χ1) is 16.1. The predicted molar refractivity (Wildman–Crippen MR) is 128 cm³/mol. The van der Waals surface area contributed by atoms with E-state index in [1.165, 1.54) is 18.4 Å². The standard InChI is InChI=1S/C29H31NO3/c31-28(29(32,25-12-6-2-7-13-25)26-14-8-3-9-15-26)33-21-27-23-16-17-24(27)20-30(19-23)18-22-10-4-1-5-11-22/h1-15,23-24,27,32H,16-21H2. The molecule has 2 aliphatic rings. The number of aliphatic hydroxyl groups is 1. The van der Waals surface area contributed by atoms with Crippen molar-refractivity contribution in [3.63, 3.8) is 0 Å². The SMILES string of the molecule is O=C(OCC1C2CCC1CN(Cc1ccccc1)C2)C(O)(c1ccccc1)c1ccccc1. The van der Waals surface area contributed by atoms with Gasteiger partial charge in [-0.3, -0.25) is 4.90 Å². The van der Waals surface area contributed by atoms with Gasteiger partial charge in [0.05, 0.1) is 6.61 Å². The lowest BCUT2D eigenvalue weighted by atomic mass is 9.84. The molecular weight excluding hydrogens is 410 g/mol. The Morgan fingerprint density at radius 2 is 1.30 bits per heavy atom. The molecule has 0 aromatic heterocycles. The molecule has 2 bridgehead atoms. The second-order valence-corrected chi connectivity index (χ2v) is 9.48. The van der Waals surface area contributed by atoms with Crippen molar-refractivity contribution in [2.24, 2.45) is 17.8 Å². The van der Waals surface area contributed by atoms with Crippen LogP contribution in [-0.4, -0.2) is 35.7 Å². The molecule has 2 fully saturated rings. The number of likely N-dealkylation sites (tertiary alicyclic amines) is 1. The highest BCUT2D eigenvalue weighted by molar-refractivity contribution is 5.85. The van der Waals surface area contributed by atoms with E-state index in [4.69, 9.17) is 4.74 Å². The predicted octanol–water partition coefficient (Wildman–Crippen LogP) is 4.62. The van der Waals surface area contributed by atoms with Crippen LogP contribution in [0.5, 0.6) is 0 Å². The first-order valence-electron chi connectivity index (χ1n) is 11.9. The van der Waals surface area contributed by atoms with Crippen LogP contribution in [-0.2, 0) is 21.7 Å². The number of rotatable bonds is 7. The Hall–Kier alpha value is -2.95. The molecular formula is C29H31NO3. The minimum atomic E-state index is -1.81. The topological polar surface area (TPSA) is 49.8 Å². The average molecular weight is 442 g/mol. The van der Waals surface area contributed by atoms with Gasteiger partial charge in [-0.25, -0.2) is 4.79 Å². The van der Waals surface area contributed by atoms with Crippen LogP contribution >= 0.6 is 0 Å². The number of benzene rings is 3. The molecule has 4 nitrogen and oxygen atoms in total. The van der Waals surface area contributed by atoms with Crippen LogP contribution in [0, 0.1) is 17.8 Å². The summed E-state index contributed by atoms with van der Waals surface area (Å²) in [5.41, 5.74) is 0.594. The fourth-order valence-electron chi connectivity index (χ4n) is 5.71. The van der Waals surface area contributed by atoms with Crippen LogP contribution < -0.4 is 0 Å². The van der Waals surface area contributed by atoms with Crippen molar-refractivity contribution >= 4 is 5.97 Å². The third-order valence-electron chi connectivity index (χ3n) is 7.44. The lowest BCUT2D eigenvalue weighted by Gasteiger charge is -2.38. The van der Waals surface area contributed by atoms with Crippen molar-refractivity contribution < 1.29 is 14.6 Å². The smallest absolute Gasteiger partial charge is 0.347 e. The Bertz CT molecular complexity index is 1000. The number of fused-ring (bicyclic) bond motifs is 2. The zero-order chi connectivity index (χ0) is 22.7. The summed E-state index contributed by atoms with van der Waals surface area (Å²) in [7, 11) is 0. The summed E-state index contributed by atoms with van der Waals surface area (Å²) in [6.45, 7) is 3.42. The molecule has 0 radical (unpaired) electrons. The van der Waals surface area contributed by atoms with E-state index in [1.54, 1.807) is 24.3 Å². The van der Waals surface area contributed by atoms with Gasteiger partial charge >= 0.3 is 5.97 Å². The molecule has 1 aliphatic carbocycles. The zero-order valence-corrected chi connectivity index (χ0v) is 18.8. The lowest BCUT2D eigenvalue weighted by Crippen LogP contribution is -2.45. The molecule has 2 atom stereocenters. The number of hydrogen-bond acceptors (Lipinski definition) is 4. The van der Waals surface area contributed by atoms with Crippen molar-refractivity contribution in [1.29, 1.82) is 0 Å². The van der Waals surface area contributed by atoms with Crippen LogP contribution in [0.1, 0.15) is 29.5 Å². The number of carbonyl (C=O) groups is 1. The highest BCUT2D eigenvalue weighted by Crippen LogP contribution is 2.43. The number of hydrogen-bond donors (Lipinski definition) is 1. The van der Waals surface area contributed by atoms with Crippen molar-refractivity contribution in [3.05, 3.63) is 108 Å². The Morgan fingerprint density at radius 3 is 1.82 bits per heavy atom. The van der Waals surface area contributed by atoms with Gasteiger partial charge in [-0.1, -0.05) is 91.0 Å². The van der Waals surface area contributed by atoms with Crippen LogP contribution in [0.25, 0.3) is 0 Å². The van der Waals surface area contributed by atoms with E-state index >= 15 is 0 Å². The average Bonchev–Trinajstić information content (AvgIpc) is 3.11. The number of esters is 1. The highest BCUT2D eigenvalue weighted by Gasteiger charge is 2.45. The molecule has 4 heteroatoms. The fraction of sp³-hybridized carbons (Fsp3) is 0.345. The summed E-state index contributed by atoms with van der Waals surface area (Å²) < 4.78 is 5.88. The Morgan fingerprint density at radius 1 is 0.818 bits per heavy atom. The minimum Gasteiger partial charge on any atom is -0.463 e. The zero-order valence-electron chi connectivity index (χ0n) is 18.8. The molecule has 1 saturated heterocycles. The summed E-state index contributed by atoms with van der Waals surface area (Å²) in [6, 6.07) is 28.8. The monoisotopic (exact) mass is 441 g/mol. The molecule has 1 saturated carbocycles.